The van der Waals surface area contributed by atoms with Crippen molar-refractivity contribution in [1.82, 2.24) is 15.0 Å². The van der Waals surface area contributed by atoms with Crippen molar-refractivity contribution in [2.45, 2.75) is 57.2 Å². The van der Waals surface area contributed by atoms with Crippen molar-refractivity contribution in [2.24, 2.45) is 0 Å². The van der Waals surface area contributed by atoms with Crippen LogP contribution in [0.1, 0.15) is 44.9 Å². The lowest BCUT2D eigenvalue weighted by atomic mass is 9.97. The molecule has 29 heavy (non-hydrogen) atoms. The fourth-order valence-electron chi connectivity index (χ4n) is 4.60. The molecule has 1 saturated heterocycles. The average molecular weight is 389 g/mol. The maximum absolute atomic E-state index is 6.43. The number of anilines is 1. The second-order valence-corrected chi connectivity index (χ2v) is 8.21. The first-order chi connectivity index (χ1) is 14.4. The van der Waals surface area contributed by atoms with E-state index in [0.29, 0.717) is 12.2 Å². The lowest BCUT2D eigenvalue weighted by Crippen LogP contribution is -2.39. The Kier molecular flexibility index (Phi) is 5.39. The summed E-state index contributed by atoms with van der Waals surface area (Å²) in [5.74, 6) is 1.78. The molecule has 0 unspecified atom stereocenters. The van der Waals surface area contributed by atoms with E-state index >= 15 is 0 Å². The molecule has 2 fully saturated rings. The van der Waals surface area contributed by atoms with Crippen LogP contribution >= 0.6 is 0 Å². The van der Waals surface area contributed by atoms with E-state index in [0.717, 1.165) is 54.0 Å². The van der Waals surface area contributed by atoms with Gasteiger partial charge in [0.15, 0.2) is 5.82 Å². The van der Waals surface area contributed by atoms with Crippen molar-refractivity contribution in [3.8, 4) is 11.4 Å². The third kappa shape index (κ3) is 4.10. The molecule has 0 bridgehead atoms. The van der Waals surface area contributed by atoms with E-state index in [-0.39, 0.29) is 0 Å². The standard InChI is InChI=1S/C24H28N4O/c1-2-8-19(9-3-1)29-20-12-15-28(16-13-20)24-21-10-4-5-11-22(21)26-23(27-24)18-7-6-14-25-17-18/h4-7,10-11,14,17,19-20H,1-3,8-9,12-13,15-16H2. The third-order valence-electron chi connectivity index (χ3n) is 6.18. The number of hydrogen-bond acceptors (Lipinski definition) is 5. The fraction of sp³-hybridized carbons (Fsp3) is 0.458. The van der Waals surface area contributed by atoms with Gasteiger partial charge in [0.2, 0.25) is 0 Å². The van der Waals surface area contributed by atoms with Crippen LogP contribution in [0.2, 0.25) is 0 Å². The van der Waals surface area contributed by atoms with Gasteiger partial charge in [0.25, 0.3) is 0 Å². The number of pyridine rings is 1. The summed E-state index contributed by atoms with van der Waals surface area (Å²) >= 11 is 0. The summed E-state index contributed by atoms with van der Waals surface area (Å²) in [7, 11) is 0. The van der Waals surface area contributed by atoms with Crippen molar-refractivity contribution in [2.75, 3.05) is 18.0 Å². The molecule has 1 aromatic carbocycles. The molecule has 150 valence electrons. The van der Waals surface area contributed by atoms with E-state index in [2.05, 4.69) is 28.1 Å². The van der Waals surface area contributed by atoms with Crippen LogP contribution in [-0.2, 0) is 4.74 Å². The van der Waals surface area contributed by atoms with E-state index < -0.39 is 0 Å². The SMILES string of the molecule is c1cncc(-c2nc(N3CCC(OC4CCCCC4)CC3)c3ccccc3n2)c1. The maximum Gasteiger partial charge on any atom is 0.163 e. The van der Waals surface area contributed by atoms with E-state index in [1.165, 1.54) is 32.1 Å². The lowest BCUT2D eigenvalue weighted by Gasteiger charge is -2.36. The van der Waals surface area contributed by atoms with E-state index in [4.69, 9.17) is 14.7 Å². The molecule has 0 radical (unpaired) electrons. The minimum atomic E-state index is 0.389. The predicted molar refractivity (Wildman–Crippen MR) is 116 cm³/mol. The summed E-state index contributed by atoms with van der Waals surface area (Å²) in [6, 6.07) is 12.3. The number of nitrogens with zero attached hydrogens (tertiary/aromatic N) is 4. The van der Waals surface area contributed by atoms with Gasteiger partial charge in [-0.2, -0.15) is 0 Å². The van der Waals surface area contributed by atoms with E-state index in [1.54, 1.807) is 6.20 Å². The molecular weight excluding hydrogens is 360 g/mol. The minimum Gasteiger partial charge on any atom is -0.375 e. The summed E-state index contributed by atoms with van der Waals surface area (Å²) in [5, 5.41) is 1.12. The summed E-state index contributed by atoms with van der Waals surface area (Å²) in [4.78, 5) is 16.4. The quantitative estimate of drug-likeness (QED) is 0.629. The Balaban J connectivity index is 1.37. The number of para-hydroxylation sites is 1. The highest BCUT2D eigenvalue weighted by Crippen LogP contribution is 2.31. The number of rotatable bonds is 4. The molecule has 0 atom stereocenters. The van der Waals surface area contributed by atoms with Gasteiger partial charge in [0.05, 0.1) is 17.7 Å². The van der Waals surface area contributed by atoms with Crippen molar-refractivity contribution < 1.29 is 4.74 Å². The summed E-state index contributed by atoms with van der Waals surface area (Å²) in [6.07, 6.45) is 13.1. The van der Waals surface area contributed by atoms with Gasteiger partial charge < -0.3 is 9.64 Å². The van der Waals surface area contributed by atoms with Crippen LogP contribution in [-0.4, -0.2) is 40.2 Å². The number of fused-ring (bicyclic) bond motifs is 1. The number of ether oxygens (including phenoxy) is 1. The Labute approximate surface area is 172 Å². The van der Waals surface area contributed by atoms with Crippen LogP contribution in [0.15, 0.2) is 48.8 Å². The molecule has 1 aliphatic heterocycles. The molecule has 1 aliphatic carbocycles. The van der Waals surface area contributed by atoms with Gasteiger partial charge in [-0.3, -0.25) is 4.98 Å². The highest BCUT2D eigenvalue weighted by atomic mass is 16.5. The number of aromatic nitrogens is 3. The first-order valence-corrected chi connectivity index (χ1v) is 10.9. The molecule has 3 aromatic rings. The largest absolute Gasteiger partial charge is 0.375 e. The highest BCUT2D eigenvalue weighted by molar-refractivity contribution is 5.91. The zero-order valence-corrected chi connectivity index (χ0v) is 16.8. The molecule has 2 aromatic heterocycles. The Bertz CT molecular complexity index is 948. The van der Waals surface area contributed by atoms with Gasteiger partial charge in [0.1, 0.15) is 5.82 Å². The van der Waals surface area contributed by atoms with Crippen LogP contribution in [0.5, 0.6) is 0 Å². The topological polar surface area (TPSA) is 51.1 Å². The molecule has 3 heterocycles. The molecule has 2 aliphatic rings. The minimum absolute atomic E-state index is 0.389. The van der Waals surface area contributed by atoms with Crippen LogP contribution in [0, 0.1) is 0 Å². The second-order valence-electron chi connectivity index (χ2n) is 8.21. The first kappa shape index (κ1) is 18.5. The Morgan fingerprint density at radius 3 is 2.41 bits per heavy atom. The lowest BCUT2D eigenvalue weighted by molar-refractivity contribution is -0.0395. The Morgan fingerprint density at radius 2 is 1.62 bits per heavy atom. The number of benzene rings is 1. The van der Waals surface area contributed by atoms with Gasteiger partial charge in [-0.1, -0.05) is 31.4 Å². The number of hydrogen-bond donors (Lipinski definition) is 0. The van der Waals surface area contributed by atoms with Crippen LogP contribution in [0.3, 0.4) is 0 Å². The predicted octanol–water partition coefficient (Wildman–Crippen LogP) is 5.01. The van der Waals surface area contributed by atoms with Gasteiger partial charge in [0, 0.05) is 36.4 Å². The molecule has 0 amide bonds. The van der Waals surface area contributed by atoms with E-state index in [9.17, 15) is 0 Å². The molecule has 0 N–H and O–H groups in total. The normalized spacial score (nSPS) is 19.0. The average Bonchev–Trinajstić information content (AvgIpc) is 2.80. The molecule has 5 nitrogen and oxygen atoms in total. The molecule has 5 heteroatoms. The molecule has 1 saturated carbocycles. The third-order valence-corrected chi connectivity index (χ3v) is 6.18. The summed E-state index contributed by atoms with van der Waals surface area (Å²) in [5.41, 5.74) is 1.94. The van der Waals surface area contributed by atoms with Crippen molar-refractivity contribution in [3.05, 3.63) is 48.8 Å². The zero-order valence-electron chi connectivity index (χ0n) is 16.8. The maximum atomic E-state index is 6.43. The van der Waals surface area contributed by atoms with E-state index in [1.807, 2.05) is 24.4 Å². The molecule has 0 spiro atoms. The van der Waals surface area contributed by atoms with Crippen molar-refractivity contribution in [1.29, 1.82) is 0 Å². The van der Waals surface area contributed by atoms with Crippen LogP contribution in [0.4, 0.5) is 5.82 Å². The smallest absolute Gasteiger partial charge is 0.163 e. The molecular formula is C24H28N4O. The van der Waals surface area contributed by atoms with Crippen LogP contribution < -0.4 is 4.90 Å². The highest BCUT2D eigenvalue weighted by Gasteiger charge is 2.26. The van der Waals surface area contributed by atoms with Crippen molar-refractivity contribution >= 4 is 16.7 Å². The van der Waals surface area contributed by atoms with Crippen LogP contribution in [0.25, 0.3) is 22.3 Å². The Morgan fingerprint density at radius 1 is 0.828 bits per heavy atom. The molecule has 5 rings (SSSR count). The summed E-state index contributed by atoms with van der Waals surface area (Å²) < 4.78 is 6.43. The monoisotopic (exact) mass is 388 g/mol. The number of piperidine rings is 1. The second kappa shape index (κ2) is 8.46. The fourth-order valence-corrected chi connectivity index (χ4v) is 4.60. The van der Waals surface area contributed by atoms with Gasteiger partial charge >= 0.3 is 0 Å². The zero-order chi connectivity index (χ0) is 19.5. The Hall–Kier alpha value is -2.53. The van der Waals surface area contributed by atoms with Gasteiger partial charge in [-0.05, 0) is 49.9 Å². The van der Waals surface area contributed by atoms with Crippen molar-refractivity contribution in [3.63, 3.8) is 0 Å². The first-order valence-electron chi connectivity index (χ1n) is 10.9. The summed E-state index contributed by atoms with van der Waals surface area (Å²) in [6.45, 7) is 1.95. The van der Waals surface area contributed by atoms with Gasteiger partial charge in [-0.15, -0.1) is 0 Å². The van der Waals surface area contributed by atoms with Gasteiger partial charge in [-0.25, -0.2) is 9.97 Å².